The number of rotatable bonds is 4. The van der Waals surface area contributed by atoms with Gasteiger partial charge < -0.3 is 19.9 Å². The van der Waals surface area contributed by atoms with Crippen LogP contribution in [-0.4, -0.2) is 31.1 Å². The second-order valence-corrected chi connectivity index (χ2v) is 4.32. The molecule has 1 aromatic carbocycles. The number of nitrogens with two attached hydrogens (primary N) is 1. The van der Waals surface area contributed by atoms with Crippen LogP contribution < -0.4 is 25.5 Å². The van der Waals surface area contributed by atoms with Gasteiger partial charge in [-0.25, -0.2) is 4.68 Å². The molecule has 0 atom stereocenters. The van der Waals surface area contributed by atoms with Crippen LogP contribution in [0.15, 0.2) is 23.0 Å². The van der Waals surface area contributed by atoms with Gasteiger partial charge in [-0.05, 0) is 6.07 Å². The second kappa shape index (κ2) is 5.74. The number of benzene rings is 1. The number of anilines is 1. The molecule has 112 valence electrons. The monoisotopic (exact) mass is 291 g/mol. The number of aromatic nitrogens is 2. The Kier molecular flexibility index (Phi) is 4.02. The Labute approximate surface area is 121 Å². The molecule has 0 fully saturated rings. The standard InChI is InChI=1S/C14H17N3O4/c1-17-14(18)9(15)7-10(16-17)13-11(20-3)5-8(19-2)6-12(13)21-4/h5-7H,15H2,1-4H3. The van der Waals surface area contributed by atoms with Crippen LogP contribution in [0.4, 0.5) is 5.69 Å². The van der Waals surface area contributed by atoms with Crippen molar-refractivity contribution < 1.29 is 14.2 Å². The smallest absolute Gasteiger partial charge is 0.289 e. The molecule has 0 bridgehead atoms. The van der Waals surface area contributed by atoms with E-state index in [2.05, 4.69) is 5.10 Å². The maximum absolute atomic E-state index is 11.7. The normalized spacial score (nSPS) is 10.3. The van der Waals surface area contributed by atoms with Crippen LogP contribution in [0.25, 0.3) is 11.3 Å². The van der Waals surface area contributed by atoms with Gasteiger partial charge in [0.2, 0.25) is 0 Å². The van der Waals surface area contributed by atoms with Gasteiger partial charge in [0.25, 0.3) is 5.56 Å². The number of nitrogen functional groups attached to an aromatic ring is 1. The van der Waals surface area contributed by atoms with Gasteiger partial charge >= 0.3 is 0 Å². The molecule has 0 radical (unpaired) electrons. The molecule has 0 amide bonds. The molecule has 0 aliphatic heterocycles. The van der Waals surface area contributed by atoms with E-state index < -0.39 is 0 Å². The van der Waals surface area contributed by atoms with Gasteiger partial charge in [-0.2, -0.15) is 5.10 Å². The zero-order valence-corrected chi connectivity index (χ0v) is 12.3. The Hall–Kier alpha value is -2.70. The summed E-state index contributed by atoms with van der Waals surface area (Å²) in [6.07, 6.45) is 0. The van der Waals surface area contributed by atoms with E-state index >= 15 is 0 Å². The summed E-state index contributed by atoms with van der Waals surface area (Å²) < 4.78 is 17.1. The molecule has 2 aromatic rings. The van der Waals surface area contributed by atoms with E-state index in [0.717, 1.165) is 0 Å². The summed E-state index contributed by atoms with van der Waals surface area (Å²) >= 11 is 0. The first-order chi connectivity index (χ1) is 10.0. The first kappa shape index (κ1) is 14.7. The number of nitrogens with zero attached hydrogens (tertiary/aromatic N) is 2. The van der Waals surface area contributed by atoms with Crippen molar-refractivity contribution in [3.63, 3.8) is 0 Å². The van der Waals surface area contributed by atoms with Gasteiger partial charge in [0.1, 0.15) is 28.6 Å². The SMILES string of the molecule is COc1cc(OC)c(-c2cc(N)c(=O)n(C)n2)c(OC)c1. The van der Waals surface area contributed by atoms with Gasteiger partial charge in [-0.15, -0.1) is 0 Å². The topological polar surface area (TPSA) is 88.6 Å². The molecule has 2 N–H and O–H groups in total. The first-order valence-electron chi connectivity index (χ1n) is 6.16. The molecular formula is C14H17N3O4. The fraction of sp³-hybridized carbons (Fsp3) is 0.286. The highest BCUT2D eigenvalue weighted by molar-refractivity contribution is 5.77. The Morgan fingerprint density at radius 1 is 1.05 bits per heavy atom. The Balaban J connectivity index is 2.76. The lowest BCUT2D eigenvalue weighted by Gasteiger charge is -2.15. The number of hydrogen-bond acceptors (Lipinski definition) is 6. The lowest BCUT2D eigenvalue weighted by atomic mass is 10.1. The van der Waals surface area contributed by atoms with Crippen molar-refractivity contribution >= 4 is 5.69 Å². The van der Waals surface area contributed by atoms with E-state index in [1.165, 1.54) is 32.0 Å². The summed E-state index contributed by atoms with van der Waals surface area (Å²) in [5.41, 5.74) is 6.54. The largest absolute Gasteiger partial charge is 0.496 e. The van der Waals surface area contributed by atoms with E-state index in [1.54, 1.807) is 19.2 Å². The van der Waals surface area contributed by atoms with Crippen molar-refractivity contribution in [2.75, 3.05) is 27.1 Å². The number of aryl methyl sites for hydroxylation is 1. The third kappa shape index (κ3) is 2.62. The Morgan fingerprint density at radius 3 is 2.05 bits per heavy atom. The zero-order valence-electron chi connectivity index (χ0n) is 12.3. The van der Waals surface area contributed by atoms with Crippen LogP contribution in [0.5, 0.6) is 17.2 Å². The van der Waals surface area contributed by atoms with Crippen LogP contribution in [0.2, 0.25) is 0 Å². The maximum atomic E-state index is 11.7. The van der Waals surface area contributed by atoms with Gasteiger partial charge in [0, 0.05) is 19.2 Å². The first-order valence-corrected chi connectivity index (χ1v) is 6.16. The average molecular weight is 291 g/mol. The van der Waals surface area contributed by atoms with Crippen LogP contribution >= 0.6 is 0 Å². The van der Waals surface area contributed by atoms with Crippen molar-refractivity contribution in [2.45, 2.75) is 0 Å². The fourth-order valence-corrected chi connectivity index (χ4v) is 2.01. The Bertz CT molecular complexity index is 673. The van der Waals surface area contributed by atoms with Crippen molar-refractivity contribution in [3.8, 4) is 28.5 Å². The highest BCUT2D eigenvalue weighted by Crippen LogP contribution is 2.40. The van der Waals surface area contributed by atoms with E-state index in [1.807, 2.05) is 0 Å². The van der Waals surface area contributed by atoms with E-state index in [4.69, 9.17) is 19.9 Å². The average Bonchev–Trinajstić information content (AvgIpc) is 2.50. The van der Waals surface area contributed by atoms with Gasteiger partial charge in [-0.1, -0.05) is 0 Å². The molecule has 0 saturated carbocycles. The zero-order chi connectivity index (χ0) is 15.6. The van der Waals surface area contributed by atoms with E-state index in [9.17, 15) is 4.79 Å². The minimum absolute atomic E-state index is 0.0995. The summed E-state index contributed by atoms with van der Waals surface area (Å²) in [6.45, 7) is 0. The highest BCUT2D eigenvalue weighted by atomic mass is 16.5. The number of hydrogen-bond donors (Lipinski definition) is 1. The van der Waals surface area contributed by atoms with Crippen LogP contribution in [-0.2, 0) is 7.05 Å². The summed E-state index contributed by atoms with van der Waals surface area (Å²) in [5.74, 6) is 1.61. The summed E-state index contributed by atoms with van der Waals surface area (Å²) in [4.78, 5) is 11.7. The summed E-state index contributed by atoms with van der Waals surface area (Å²) in [6, 6.07) is 4.91. The highest BCUT2D eigenvalue weighted by Gasteiger charge is 2.18. The molecule has 0 unspecified atom stereocenters. The van der Waals surface area contributed by atoms with Crippen molar-refractivity contribution in [1.82, 2.24) is 9.78 Å². The second-order valence-electron chi connectivity index (χ2n) is 4.32. The van der Waals surface area contributed by atoms with E-state index in [-0.39, 0.29) is 11.2 Å². The van der Waals surface area contributed by atoms with Crippen LogP contribution in [0, 0.1) is 0 Å². The molecule has 21 heavy (non-hydrogen) atoms. The molecule has 1 heterocycles. The lowest BCUT2D eigenvalue weighted by molar-refractivity contribution is 0.377. The quantitative estimate of drug-likeness (QED) is 0.906. The molecule has 7 nitrogen and oxygen atoms in total. The number of methoxy groups -OCH3 is 3. The predicted octanol–water partition coefficient (Wildman–Crippen LogP) is 1.06. The number of ether oxygens (including phenoxy) is 3. The van der Waals surface area contributed by atoms with Gasteiger partial charge in [0.05, 0.1) is 26.9 Å². The lowest BCUT2D eigenvalue weighted by Crippen LogP contribution is -2.22. The van der Waals surface area contributed by atoms with Crippen LogP contribution in [0.1, 0.15) is 0 Å². The summed E-state index contributed by atoms with van der Waals surface area (Å²) in [7, 11) is 6.15. The molecular weight excluding hydrogens is 274 g/mol. The van der Waals surface area contributed by atoms with E-state index in [0.29, 0.717) is 28.5 Å². The van der Waals surface area contributed by atoms with Crippen molar-refractivity contribution in [1.29, 1.82) is 0 Å². The molecule has 0 saturated heterocycles. The minimum atomic E-state index is -0.356. The molecule has 1 aromatic heterocycles. The van der Waals surface area contributed by atoms with Crippen molar-refractivity contribution in [3.05, 3.63) is 28.6 Å². The fourth-order valence-electron chi connectivity index (χ4n) is 2.01. The Morgan fingerprint density at radius 2 is 1.62 bits per heavy atom. The van der Waals surface area contributed by atoms with Gasteiger partial charge in [-0.3, -0.25) is 4.79 Å². The molecule has 7 heteroatoms. The summed E-state index contributed by atoms with van der Waals surface area (Å²) in [5, 5.41) is 4.20. The third-order valence-corrected chi connectivity index (χ3v) is 3.06. The third-order valence-electron chi connectivity index (χ3n) is 3.06. The van der Waals surface area contributed by atoms with Gasteiger partial charge in [0.15, 0.2) is 0 Å². The van der Waals surface area contributed by atoms with Crippen LogP contribution in [0.3, 0.4) is 0 Å². The van der Waals surface area contributed by atoms with Crippen molar-refractivity contribution in [2.24, 2.45) is 7.05 Å². The maximum Gasteiger partial charge on any atom is 0.289 e. The molecule has 0 aliphatic rings. The predicted molar refractivity (Wildman–Crippen MR) is 79.0 cm³/mol. The molecule has 0 spiro atoms. The minimum Gasteiger partial charge on any atom is -0.496 e. The molecule has 2 rings (SSSR count). The molecule has 0 aliphatic carbocycles.